The molecule has 0 unspecified atom stereocenters. The Morgan fingerprint density at radius 1 is 1.17 bits per heavy atom. The van der Waals surface area contributed by atoms with Crippen LogP contribution in [0.25, 0.3) is 0 Å². The van der Waals surface area contributed by atoms with Crippen molar-refractivity contribution >= 4 is 11.8 Å². The number of hydrogen-bond acceptors (Lipinski definition) is 4. The number of likely N-dealkylation sites (tertiary alicyclic amines) is 1. The maximum atomic E-state index is 12.6. The van der Waals surface area contributed by atoms with Crippen LogP contribution in [0, 0.1) is 11.8 Å². The zero-order chi connectivity index (χ0) is 16.2. The second-order valence-corrected chi connectivity index (χ2v) is 6.62. The van der Waals surface area contributed by atoms with Crippen molar-refractivity contribution in [2.45, 2.75) is 38.6 Å². The second-order valence-electron chi connectivity index (χ2n) is 6.62. The molecule has 1 saturated heterocycles. The van der Waals surface area contributed by atoms with Crippen LogP contribution in [0.5, 0.6) is 0 Å². The van der Waals surface area contributed by atoms with Crippen molar-refractivity contribution in [3.63, 3.8) is 0 Å². The molecule has 1 aliphatic heterocycles. The van der Waals surface area contributed by atoms with Crippen LogP contribution in [0.4, 0.5) is 0 Å². The molecular formula is C17H24N4O2. The van der Waals surface area contributed by atoms with Gasteiger partial charge in [-0.25, -0.2) is 0 Å². The molecule has 0 N–H and O–H groups in total. The Balaban J connectivity index is 1.48. The predicted molar refractivity (Wildman–Crippen MR) is 85.2 cm³/mol. The summed E-state index contributed by atoms with van der Waals surface area (Å²) in [5.74, 6) is 0.713. The summed E-state index contributed by atoms with van der Waals surface area (Å²) in [6.07, 6.45) is 9.74. The highest BCUT2D eigenvalue weighted by Crippen LogP contribution is 2.30. The first-order valence-electron chi connectivity index (χ1n) is 8.44. The molecule has 2 amide bonds. The fraction of sp³-hybridized carbons (Fsp3) is 0.647. The van der Waals surface area contributed by atoms with E-state index in [0.717, 1.165) is 31.4 Å². The Morgan fingerprint density at radius 3 is 2.48 bits per heavy atom. The second kappa shape index (κ2) is 7.06. The van der Waals surface area contributed by atoms with Gasteiger partial charge in [-0.05, 0) is 25.7 Å². The smallest absolute Gasteiger partial charge is 0.225 e. The number of amides is 2. The van der Waals surface area contributed by atoms with Gasteiger partial charge in [0, 0.05) is 44.4 Å². The summed E-state index contributed by atoms with van der Waals surface area (Å²) in [6.45, 7) is 1.91. The van der Waals surface area contributed by atoms with Crippen LogP contribution in [0.15, 0.2) is 18.6 Å². The van der Waals surface area contributed by atoms with Crippen LogP contribution in [-0.2, 0) is 16.1 Å². The first-order valence-corrected chi connectivity index (χ1v) is 8.44. The lowest BCUT2D eigenvalue weighted by Gasteiger charge is -2.37. The molecule has 1 aromatic heterocycles. The van der Waals surface area contributed by atoms with Crippen molar-refractivity contribution in [1.29, 1.82) is 0 Å². The van der Waals surface area contributed by atoms with Gasteiger partial charge in [-0.15, -0.1) is 0 Å². The van der Waals surface area contributed by atoms with E-state index in [0.29, 0.717) is 25.5 Å². The van der Waals surface area contributed by atoms with Crippen molar-refractivity contribution in [3.05, 3.63) is 24.3 Å². The van der Waals surface area contributed by atoms with Gasteiger partial charge in [-0.1, -0.05) is 6.42 Å². The van der Waals surface area contributed by atoms with Gasteiger partial charge in [0.25, 0.3) is 0 Å². The lowest BCUT2D eigenvalue weighted by Crippen LogP contribution is -2.46. The van der Waals surface area contributed by atoms with E-state index in [2.05, 4.69) is 9.97 Å². The summed E-state index contributed by atoms with van der Waals surface area (Å²) in [5.41, 5.74) is 0.793. The van der Waals surface area contributed by atoms with Gasteiger partial charge < -0.3 is 9.80 Å². The van der Waals surface area contributed by atoms with E-state index in [1.54, 1.807) is 23.5 Å². The van der Waals surface area contributed by atoms with Crippen LogP contribution in [0.1, 0.15) is 37.8 Å². The molecule has 0 spiro atoms. The lowest BCUT2D eigenvalue weighted by atomic mass is 9.83. The third-order valence-corrected chi connectivity index (χ3v) is 5.00. The predicted octanol–water partition coefficient (Wildman–Crippen LogP) is 1.47. The Kier molecular flexibility index (Phi) is 4.88. The van der Waals surface area contributed by atoms with Crippen LogP contribution in [0.2, 0.25) is 0 Å². The van der Waals surface area contributed by atoms with Gasteiger partial charge in [-0.3, -0.25) is 19.6 Å². The molecule has 124 valence electrons. The molecule has 0 aromatic carbocycles. The number of hydrogen-bond donors (Lipinski definition) is 0. The van der Waals surface area contributed by atoms with Crippen molar-refractivity contribution in [2.24, 2.45) is 11.8 Å². The van der Waals surface area contributed by atoms with Gasteiger partial charge in [0.1, 0.15) is 0 Å². The van der Waals surface area contributed by atoms with E-state index in [4.69, 9.17) is 0 Å². The normalized spacial score (nSPS) is 19.3. The SMILES string of the molecule is CN(Cc1cnccn1)C(=O)C1CCN(C(=O)C2CCC2)CC1. The summed E-state index contributed by atoms with van der Waals surface area (Å²) in [5, 5.41) is 0. The molecule has 2 heterocycles. The topological polar surface area (TPSA) is 66.4 Å². The number of nitrogens with zero attached hydrogens (tertiary/aromatic N) is 4. The molecule has 2 aliphatic rings. The summed E-state index contributed by atoms with van der Waals surface area (Å²) in [7, 11) is 1.81. The number of rotatable bonds is 4. The van der Waals surface area contributed by atoms with Crippen molar-refractivity contribution in [3.8, 4) is 0 Å². The Hall–Kier alpha value is -1.98. The molecular weight excluding hydrogens is 292 g/mol. The van der Waals surface area contributed by atoms with E-state index in [1.165, 1.54) is 6.42 Å². The van der Waals surface area contributed by atoms with E-state index in [1.807, 2.05) is 11.9 Å². The minimum absolute atomic E-state index is 0.0158. The molecule has 1 aliphatic carbocycles. The number of aromatic nitrogens is 2. The third-order valence-electron chi connectivity index (χ3n) is 5.00. The zero-order valence-electron chi connectivity index (χ0n) is 13.6. The van der Waals surface area contributed by atoms with E-state index >= 15 is 0 Å². The molecule has 23 heavy (non-hydrogen) atoms. The van der Waals surface area contributed by atoms with E-state index in [-0.39, 0.29) is 17.7 Å². The van der Waals surface area contributed by atoms with Gasteiger partial charge in [-0.2, -0.15) is 0 Å². The fourth-order valence-corrected chi connectivity index (χ4v) is 3.30. The van der Waals surface area contributed by atoms with Gasteiger partial charge in [0.15, 0.2) is 0 Å². The lowest BCUT2D eigenvalue weighted by molar-refractivity contribution is -0.143. The molecule has 0 atom stereocenters. The maximum absolute atomic E-state index is 12.6. The molecule has 6 nitrogen and oxygen atoms in total. The number of carbonyl (C=O) groups is 2. The molecule has 1 aromatic rings. The van der Waals surface area contributed by atoms with Crippen LogP contribution >= 0.6 is 0 Å². The average molecular weight is 316 g/mol. The van der Waals surface area contributed by atoms with Gasteiger partial charge >= 0.3 is 0 Å². The first-order chi connectivity index (χ1) is 11.1. The monoisotopic (exact) mass is 316 g/mol. The van der Waals surface area contributed by atoms with E-state index < -0.39 is 0 Å². The summed E-state index contributed by atoms with van der Waals surface area (Å²) >= 11 is 0. The minimum Gasteiger partial charge on any atom is -0.342 e. The molecule has 1 saturated carbocycles. The standard InChI is InChI=1S/C17H24N4O2/c1-20(12-15-11-18-7-8-19-15)16(22)14-5-9-21(10-6-14)17(23)13-3-2-4-13/h7-8,11,13-14H,2-6,9-10,12H2,1H3. The Bertz CT molecular complexity index is 551. The summed E-state index contributed by atoms with van der Waals surface area (Å²) in [6, 6.07) is 0. The van der Waals surface area contributed by atoms with Crippen LogP contribution in [-0.4, -0.2) is 51.7 Å². The molecule has 2 fully saturated rings. The molecule has 6 heteroatoms. The molecule has 0 bridgehead atoms. The number of carbonyl (C=O) groups excluding carboxylic acids is 2. The third kappa shape index (κ3) is 3.68. The highest BCUT2D eigenvalue weighted by atomic mass is 16.2. The quantitative estimate of drug-likeness (QED) is 0.844. The first kappa shape index (κ1) is 15.9. The largest absolute Gasteiger partial charge is 0.342 e. The Labute approximate surface area is 136 Å². The van der Waals surface area contributed by atoms with E-state index in [9.17, 15) is 9.59 Å². The minimum atomic E-state index is 0.0158. The van der Waals surface area contributed by atoms with Crippen LogP contribution in [0.3, 0.4) is 0 Å². The van der Waals surface area contributed by atoms with Gasteiger partial charge in [0.2, 0.25) is 11.8 Å². The average Bonchev–Trinajstić information content (AvgIpc) is 2.53. The highest BCUT2D eigenvalue weighted by Gasteiger charge is 2.33. The highest BCUT2D eigenvalue weighted by molar-refractivity contribution is 5.81. The molecule has 0 radical (unpaired) electrons. The Morgan fingerprint density at radius 2 is 1.91 bits per heavy atom. The van der Waals surface area contributed by atoms with Crippen molar-refractivity contribution < 1.29 is 9.59 Å². The van der Waals surface area contributed by atoms with Crippen molar-refractivity contribution in [2.75, 3.05) is 20.1 Å². The van der Waals surface area contributed by atoms with Gasteiger partial charge in [0.05, 0.1) is 18.4 Å². The summed E-state index contributed by atoms with van der Waals surface area (Å²) in [4.78, 5) is 36.7. The molecule has 3 rings (SSSR count). The van der Waals surface area contributed by atoms with Crippen LogP contribution < -0.4 is 0 Å². The summed E-state index contributed by atoms with van der Waals surface area (Å²) < 4.78 is 0. The fourth-order valence-electron chi connectivity index (χ4n) is 3.30. The maximum Gasteiger partial charge on any atom is 0.225 e. The zero-order valence-corrected chi connectivity index (χ0v) is 13.6. The van der Waals surface area contributed by atoms with Crippen molar-refractivity contribution in [1.82, 2.24) is 19.8 Å². The number of piperidine rings is 1.